The Labute approximate surface area is 127 Å². The van der Waals surface area contributed by atoms with Crippen molar-refractivity contribution in [2.24, 2.45) is 0 Å². The number of nitrogens with zero attached hydrogens (tertiary/aromatic N) is 1. The Morgan fingerprint density at radius 1 is 0.900 bits per heavy atom. The van der Waals surface area contributed by atoms with Crippen molar-refractivity contribution in [3.8, 4) is 0 Å². The Hall–Kier alpha value is -1.77. The molecule has 4 heteroatoms. The average Bonchev–Trinajstić information content (AvgIpc) is 2.48. The van der Waals surface area contributed by atoms with Gasteiger partial charge in [0.1, 0.15) is 0 Å². The largest absolute Gasteiger partial charge is 0.378 e. The van der Waals surface area contributed by atoms with E-state index in [1.165, 1.54) is 0 Å². The quantitative estimate of drug-likeness (QED) is 0.723. The minimum Gasteiger partial charge on any atom is -0.378 e. The molecule has 0 saturated carbocycles. The van der Waals surface area contributed by atoms with Crippen molar-refractivity contribution in [2.75, 3.05) is 5.32 Å². The fourth-order valence-corrected chi connectivity index (χ4v) is 2.40. The van der Waals surface area contributed by atoms with Gasteiger partial charge in [0.15, 0.2) is 0 Å². The molecule has 0 unspecified atom stereocenters. The second-order valence-electron chi connectivity index (χ2n) is 4.45. The first-order valence-electron chi connectivity index (χ1n) is 6.26. The van der Waals surface area contributed by atoms with Crippen LogP contribution >= 0.6 is 23.2 Å². The van der Waals surface area contributed by atoms with Crippen molar-refractivity contribution >= 4 is 39.8 Å². The van der Waals surface area contributed by atoms with Gasteiger partial charge in [0.05, 0.1) is 33.5 Å². The van der Waals surface area contributed by atoms with Crippen molar-refractivity contribution in [2.45, 2.75) is 6.54 Å². The molecule has 2 aromatic carbocycles. The molecule has 0 spiro atoms. The Balaban J connectivity index is 1.81. The van der Waals surface area contributed by atoms with Crippen LogP contribution < -0.4 is 5.32 Å². The molecule has 0 fully saturated rings. The summed E-state index contributed by atoms with van der Waals surface area (Å²) in [7, 11) is 0. The van der Waals surface area contributed by atoms with Crippen LogP contribution in [0.25, 0.3) is 10.9 Å². The number of anilines is 1. The van der Waals surface area contributed by atoms with Crippen LogP contribution in [0.2, 0.25) is 10.0 Å². The molecular formula is C16H12Cl2N2. The van der Waals surface area contributed by atoms with Crippen LogP contribution in [0.4, 0.5) is 5.69 Å². The Morgan fingerprint density at radius 3 is 2.65 bits per heavy atom. The summed E-state index contributed by atoms with van der Waals surface area (Å²) in [5.41, 5.74) is 2.76. The first-order valence-corrected chi connectivity index (χ1v) is 7.02. The maximum absolute atomic E-state index is 6.14. The van der Waals surface area contributed by atoms with Gasteiger partial charge < -0.3 is 5.32 Å². The molecule has 1 aromatic heterocycles. The highest BCUT2D eigenvalue weighted by Crippen LogP contribution is 2.29. The van der Waals surface area contributed by atoms with Gasteiger partial charge in [0, 0.05) is 5.39 Å². The molecule has 100 valence electrons. The van der Waals surface area contributed by atoms with Crippen LogP contribution in [0.1, 0.15) is 5.69 Å². The monoisotopic (exact) mass is 302 g/mol. The molecule has 3 aromatic rings. The highest BCUT2D eigenvalue weighted by atomic mass is 35.5. The smallest absolute Gasteiger partial charge is 0.0823 e. The third kappa shape index (κ3) is 2.72. The number of rotatable bonds is 3. The van der Waals surface area contributed by atoms with E-state index in [9.17, 15) is 0 Å². The molecule has 1 heterocycles. The van der Waals surface area contributed by atoms with Crippen molar-refractivity contribution in [1.82, 2.24) is 4.98 Å². The van der Waals surface area contributed by atoms with E-state index in [1.807, 2.05) is 42.5 Å². The van der Waals surface area contributed by atoms with Crippen LogP contribution in [0.3, 0.4) is 0 Å². The lowest BCUT2D eigenvalue weighted by Gasteiger charge is -2.09. The van der Waals surface area contributed by atoms with E-state index in [-0.39, 0.29) is 0 Å². The molecule has 0 bridgehead atoms. The van der Waals surface area contributed by atoms with E-state index < -0.39 is 0 Å². The van der Waals surface area contributed by atoms with E-state index >= 15 is 0 Å². The molecule has 3 rings (SSSR count). The SMILES string of the molecule is Clc1cccc(NCc2ccc3ccccc3n2)c1Cl. The maximum Gasteiger partial charge on any atom is 0.0823 e. The first kappa shape index (κ1) is 13.2. The summed E-state index contributed by atoms with van der Waals surface area (Å²) < 4.78 is 0. The summed E-state index contributed by atoms with van der Waals surface area (Å²) in [6.45, 7) is 0.602. The average molecular weight is 303 g/mol. The summed E-state index contributed by atoms with van der Waals surface area (Å²) in [6.07, 6.45) is 0. The van der Waals surface area contributed by atoms with Gasteiger partial charge in [-0.2, -0.15) is 0 Å². The summed E-state index contributed by atoms with van der Waals surface area (Å²) in [4.78, 5) is 4.60. The molecule has 0 aliphatic rings. The number of hydrogen-bond donors (Lipinski definition) is 1. The molecule has 0 saturated heterocycles. The zero-order valence-electron chi connectivity index (χ0n) is 10.6. The van der Waals surface area contributed by atoms with E-state index in [4.69, 9.17) is 23.2 Å². The number of fused-ring (bicyclic) bond motifs is 1. The number of pyridine rings is 1. The van der Waals surface area contributed by atoms with Crippen LogP contribution in [0.5, 0.6) is 0 Å². The second-order valence-corrected chi connectivity index (χ2v) is 5.24. The number of halogens is 2. The topological polar surface area (TPSA) is 24.9 Å². The molecule has 0 radical (unpaired) electrons. The van der Waals surface area contributed by atoms with Gasteiger partial charge in [0.25, 0.3) is 0 Å². The molecular weight excluding hydrogens is 291 g/mol. The van der Waals surface area contributed by atoms with Crippen LogP contribution in [0, 0.1) is 0 Å². The predicted molar refractivity (Wildman–Crippen MR) is 85.5 cm³/mol. The lowest BCUT2D eigenvalue weighted by Crippen LogP contribution is -2.02. The van der Waals surface area contributed by atoms with E-state index in [1.54, 1.807) is 6.07 Å². The number of para-hydroxylation sites is 1. The maximum atomic E-state index is 6.14. The highest BCUT2D eigenvalue weighted by Gasteiger charge is 2.04. The molecule has 1 N–H and O–H groups in total. The lowest BCUT2D eigenvalue weighted by molar-refractivity contribution is 1.07. The normalized spacial score (nSPS) is 10.7. The number of nitrogens with one attached hydrogen (secondary N) is 1. The minimum absolute atomic E-state index is 0.537. The van der Waals surface area contributed by atoms with Crippen molar-refractivity contribution in [3.05, 3.63) is 70.3 Å². The van der Waals surface area contributed by atoms with Gasteiger partial charge in [-0.15, -0.1) is 0 Å². The van der Waals surface area contributed by atoms with Gasteiger partial charge >= 0.3 is 0 Å². The summed E-state index contributed by atoms with van der Waals surface area (Å²) in [6, 6.07) is 17.7. The van der Waals surface area contributed by atoms with Crippen molar-refractivity contribution in [3.63, 3.8) is 0 Å². The summed E-state index contributed by atoms with van der Waals surface area (Å²) in [5, 5.41) is 5.47. The van der Waals surface area contributed by atoms with E-state index in [0.717, 1.165) is 22.3 Å². The molecule has 0 amide bonds. The number of hydrogen-bond acceptors (Lipinski definition) is 2. The molecule has 20 heavy (non-hydrogen) atoms. The predicted octanol–water partition coefficient (Wildman–Crippen LogP) is 5.15. The van der Waals surface area contributed by atoms with E-state index in [0.29, 0.717) is 16.6 Å². The molecule has 0 aliphatic heterocycles. The zero-order valence-corrected chi connectivity index (χ0v) is 12.1. The number of aromatic nitrogens is 1. The third-order valence-electron chi connectivity index (χ3n) is 3.07. The summed E-state index contributed by atoms with van der Waals surface area (Å²) in [5.74, 6) is 0. The minimum atomic E-state index is 0.537. The van der Waals surface area contributed by atoms with Gasteiger partial charge in [-0.05, 0) is 24.3 Å². The van der Waals surface area contributed by atoms with E-state index in [2.05, 4.69) is 16.4 Å². The molecule has 0 aliphatic carbocycles. The van der Waals surface area contributed by atoms with Crippen molar-refractivity contribution < 1.29 is 0 Å². The highest BCUT2D eigenvalue weighted by molar-refractivity contribution is 6.43. The Bertz CT molecular complexity index is 756. The fourth-order valence-electron chi connectivity index (χ4n) is 2.03. The standard InChI is InChI=1S/C16H12Cl2N2/c17-13-5-3-7-15(16(13)18)19-10-12-9-8-11-4-1-2-6-14(11)20-12/h1-9,19H,10H2. The van der Waals surface area contributed by atoms with Gasteiger partial charge in [-0.3, -0.25) is 4.98 Å². The third-order valence-corrected chi connectivity index (χ3v) is 3.89. The fraction of sp³-hybridized carbons (Fsp3) is 0.0625. The molecule has 0 atom stereocenters. The number of benzene rings is 2. The summed E-state index contributed by atoms with van der Waals surface area (Å²) >= 11 is 12.1. The van der Waals surface area contributed by atoms with Gasteiger partial charge in [0.2, 0.25) is 0 Å². The van der Waals surface area contributed by atoms with Crippen LogP contribution in [0.15, 0.2) is 54.6 Å². The Kier molecular flexibility index (Phi) is 3.77. The zero-order chi connectivity index (χ0) is 13.9. The van der Waals surface area contributed by atoms with Gasteiger partial charge in [-0.25, -0.2) is 0 Å². The van der Waals surface area contributed by atoms with Crippen LogP contribution in [-0.4, -0.2) is 4.98 Å². The second kappa shape index (κ2) is 5.70. The van der Waals surface area contributed by atoms with Crippen molar-refractivity contribution in [1.29, 1.82) is 0 Å². The first-order chi connectivity index (χ1) is 9.74. The lowest BCUT2D eigenvalue weighted by atomic mass is 10.2. The Morgan fingerprint density at radius 2 is 1.75 bits per heavy atom. The molecule has 2 nitrogen and oxygen atoms in total. The van der Waals surface area contributed by atoms with Gasteiger partial charge in [-0.1, -0.05) is 53.5 Å². The van der Waals surface area contributed by atoms with Crippen LogP contribution in [-0.2, 0) is 6.54 Å².